The zero-order chi connectivity index (χ0) is 41.6. The molecule has 0 unspecified atom stereocenters. The van der Waals surface area contributed by atoms with Gasteiger partial charge in [0.1, 0.15) is 5.58 Å². The van der Waals surface area contributed by atoms with Crippen molar-refractivity contribution >= 4 is 60.0 Å². The van der Waals surface area contributed by atoms with Crippen molar-refractivity contribution < 1.29 is 35.5 Å². The van der Waals surface area contributed by atoms with E-state index < -0.39 is 25.5 Å². The maximum Gasteiger partial charge on any atom is 0.121 e. The van der Waals surface area contributed by atoms with Crippen molar-refractivity contribution in [1.29, 1.82) is 0 Å². The third-order valence-corrected chi connectivity index (χ3v) is 9.20. The summed E-state index contributed by atoms with van der Waals surface area (Å²) < 4.78 is 72.3. The van der Waals surface area contributed by atoms with Gasteiger partial charge in [0.2, 0.25) is 0 Å². The van der Waals surface area contributed by atoms with Crippen molar-refractivity contribution in [2.75, 3.05) is 0 Å². The smallest absolute Gasteiger partial charge is 0.121 e. The molecule has 0 aliphatic rings. The molecule has 0 aliphatic carbocycles. The third kappa shape index (κ3) is 5.75. The molecule has 0 amide bonds. The number of para-hydroxylation sites is 2. The molecule has 0 spiro atoms. The summed E-state index contributed by atoms with van der Waals surface area (Å²) in [7, 11) is 0. The molecule has 0 saturated heterocycles. The van der Waals surface area contributed by atoms with Crippen LogP contribution in [0.3, 0.4) is 0 Å². The van der Waals surface area contributed by atoms with Gasteiger partial charge in [0, 0.05) is 70.4 Å². The van der Waals surface area contributed by atoms with Gasteiger partial charge in [0.25, 0.3) is 0 Å². The van der Waals surface area contributed by atoms with Crippen molar-refractivity contribution in [1.82, 2.24) is 14.4 Å². The third-order valence-electron chi connectivity index (χ3n) is 9.20. The quantitative estimate of drug-likeness (QED) is 0.166. The van der Waals surface area contributed by atoms with Gasteiger partial charge in [-0.1, -0.05) is 91.9 Å². The van der Waals surface area contributed by atoms with Crippen LogP contribution in [0.15, 0.2) is 126 Å². The van der Waals surface area contributed by atoms with Crippen LogP contribution in [-0.4, -0.2) is 14.4 Å². The van der Waals surface area contributed by atoms with Crippen molar-refractivity contribution in [2.45, 2.75) is 40.8 Å². The van der Waals surface area contributed by atoms with E-state index in [0.717, 1.165) is 50.0 Å². The molecule has 5 heterocycles. The number of hydrogen-bond donors (Lipinski definition) is 0. The van der Waals surface area contributed by atoms with Crippen LogP contribution in [0.5, 0.6) is 0 Å². The predicted octanol–water partition coefficient (Wildman–Crippen LogP) is 12.4. The summed E-state index contributed by atoms with van der Waals surface area (Å²) in [4.78, 5) is 8.71. The van der Waals surface area contributed by atoms with Crippen LogP contribution in [-0.2, 0) is 26.5 Å². The number of aryl methyl sites for hydroxylation is 2. The van der Waals surface area contributed by atoms with Gasteiger partial charge in [-0.25, -0.2) is 0 Å². The fourth-order valence-corrected chi connectivity index (χ4v) is 7.06. The molecule has 0 fully saturated rings. The van der Waals surface area contributed by atoms with Crippen molar-refractivity contribution in [3.63, 3.8) is 0 Å². The zero-order valence-electron chi connectivity index (χ0n) is 36.6. The van der Waals surface area contributed by atoms with Gasteiger partial charge >= 0.3 is 0 Å². The molecule has 257 valence electrons. The molecule has 5 heteroatoms. The molecular weight excluding hydrogens is 815 g/mol. The van der Waals surface area contributed by atoms with E-state index in [9.17, 15) is 0 Å². The molecule has 0 aliphatic heterocycles. The number of furan rings is 1. The number of fused-ring (bicyclic) bond motifs is 9. The monoisotopic (exact) mass is 860 g/mol. The first-order valence-corrected chi connectivity index (χ1v) is 16.8. The van der Waals surface area contributed by atoms with Crippen LogP contribution in [0.25, 0.3) is 82.5 Å². The maximum atomic E-state index is 8.21. The summed E-state index contributed by atoms with van der Waals surface area (Å²) in [6, 6.07) is 41.5. The minimum Gasteiger partial charge on any atom is -0.501 e. The van der Waals surface area contributed by atoms with Crippen LogP contribution in [0, 0.1) is 31.3 Å². The number of benzene rings is 5. The topological polar surface area (TPSA) is 43.3 Å². The average molecular weight is 860 g/mol. The average Bonchev–Trinajstić information content (AvgIpc) is 3.86. The first kappa shape index (κ1) is 25.6. The first-order chi connectivity index (χ1) is 27.9. The van der Waals surface area contributed by atoms with Crippen LogP contribution in [0.4, 0.5) is 0 Å². The molecule has 5 aromatic carbocycles. The number of nitrogens with zero attached hydrogens (tertiary/aromatic N) is 3. The maximum absolute atomic E-state index is 8.21. The van der Waals surface area contributed by atoms with Crippen LogP contribution < -0.4 is 0 Å². The molecule has 10 rings (SSSR count). The van der Waals surface area contributed by atoms with E-state index in [1.54, 1.807) is 12.3 Å². The number of aromatic nitrogens is 3. The molecule has 4 nitrogen and oxygen atoms in total. The molecule has 0 bridgehead atoms. The van der Waals surface area contributed by atoms with E-state index in [4.69, 9.17) is 15.4 Å². The van der Waals surface area contributed by atoms with Crippen molar-refractivity contribution in [2.24, 2.45) is 5.41 Å². The second kappa shape index (κ2) is 13.0. The Morgan fingerprint density at radius 3 is 2.25 bits per heavy atom. The second-order valence-electron chi connectivity index (χ2n) is 13.8. The van der Waals surface area contributed by atoms with E-state index in [2.05, 4.69) is 75.0 Å². The predicted molar refractivity (Wildman–Crippen MR) is 212 cm³/mol. The Bertz CT molecular complexity index is 3200. The Labute approximate surface area is 328 Å². The zero-order valence-corrected chi connectivity index (χ0v) is 31.0. The molecule has 0 N–H and O–H groups in total. The molecule has 52 heavy (non-hydrogen) atoms. The molecule has 10 aromatic rings. The summed E-state index contributed by atoms with van der Waals surface area (Å²) in [5.41, 5.74) is 6.72. The Morgan fingerprint density at radius 1 is 0.692 bits per heavy atom. The van der Waals surface area contributed by atoms with E-state index in [0.29, 0.717) is 28.0 Å². The van der Waals surface area contributed by atoms with Crippen LogP contribution >= 0.6 is 0 Å². The van der Waals surface area contributed by atoms with Gasteiger partial charge in [-0.05, 0) is 66.2 Å². The summed E-state index contributed by atoms with van der Waals surface area (Å²) in [6.45, 7) is 0.460. The van der Waals surface area contributed by atoms with Gasteiger partial charge in [-0.15, -0.1) is 54.1 Å². The van der Waals surface area contributed by atoms with Gasteiger partial charge in [0.05, 0.1) is 22.1 Å². The fourth-order valence-electron chi connectivity index (χ4n) is 7.06. The number of pyridine rings is 2. The normalized spacial score (nSPS) is 14.9. The van der Waals surface area contributed by atoms with E-state index in [-0.39, 0.29) is 31.2 Å². The Hall–Kier alpha value is -5.35. The van der Waals surface area contributed by atoms with Crippen molar-refractivity contribution in [3.05, 3.63) is 150 Å². The minimum atomic E-state index is -2.62. The van der Waals surface area contributed by atoms with Gasteiger partial charge < -0.3 is 18.8 Å². The van der Waals surface area contributed by atoms with E-state index in [1.807, 2.05) is 69.3 Å². The molecule has 1 radical (unpaired) electrons. The summed E-state index contributed by atoms with van der Waals surface area (Å²) in [5, 5.41) is 6.38. The molecule has 5 aromatic heterocycles. The largest absolute Gasteiger partial charge is 0.501 e. The standard InChI is InChI=1S/C31H19N2O.C16H18N.Ir/c1-17-13-26(32-16-18(17)2)23-11-6-10-22-25-14-28-24(15-29(25)34-31(22)23)21-9-5-8-20-19-7-3-4-12-27(19)33(28)30(20)21;1-16(2,3)11-13-9-10-15(17-12-13)14-7-5-4-6-8-14;/h3-10,12-16H,1-2H3;4-7,9-10,12H,11H2,1-3H3;/q2*-1;/i1D3,2D3;11D2;. The fraction of sp³-hybridized carbons (Fsp3) is 0.149. The number of rotatable bonds is 3. The van der Waals surface area contributed by atoms with Gasteiger partial charge in [0.15, 0.2) is 0 Å². The SMILES string of the molecule is [2H]C([2H])([2H])c1cnc(-c2[c-]ccc3c2oc2cc4c5cccc6c7ccccc7n(c4cc23)c65)cc1C([2H])([2H])[2H].[2H]C([2H])(c1ccc(-c2[c-]cccc2)nc1)C(C)(C)C.[Ir]. The molecule has 0 saturated carbocycles. The molecular formula is C47H37IrN3O-2. The van der Waals surface area contributed by atoms with E-state index in [1.165, 1.54) is 22.4 Å². The van der Waals surface area contributed by atoms with Gasteiger partial charge in [-0.2, -0.15) is 0 Å². The Morgan fingerprint density at radius 2 is 1.48 bits per heavy atom. The summed E-state index contributed by atoms with van der Waals surface area (Å²) in [5.74, 6) is 0. The van der Waals surface area contributed by atoms with Crippen LogP contribution in [0.1, 0.15) is 48.4 Å². The van der Waals surface area contributed by atoms with E-state index >= 15 is 0 Å². The van der Waals surface area contributed by atoms with Gasteiger partial charge in [-0.3, -0.25) is 0 Å². The summed E-state index contributed by atoms with van der Waals surface area (Å²) >= 11 is 0. The minimum absolute atomic E-state index is 0. The van der Waals surface area contributed by atoms with Crippen LogP contribution in [0.2, 0.25) is 0 Å². The Kier molecular flexibility index (Phi) is 6.40. The first-order valence-electron chi connectivity index (χ1n) is 20.8. The summed E-state index contributed by atoms with van der Waals surface area (Å²) in [6.07, 6.45) is 1.35. The molecule has 0 atom stereocenters. The second-order valence-corrected chi connectivity index (χ2v) is 13.8. The Balaban J connectivity index is 0.000000211. The van der Waals surface area contributed by atoms with Crippen molar-refractivity contribution in [3.8, 4) is 22.5 Å². The number of hydrogen-bond acceptors (Lipinski definition) is 3.